The van der Waals surface area contributed by atoms with Crippen LogP contribution in [0.2, 0.25) is 0 Å². The number of rotatable bonds is 6. The predicted octanol–water partition coefficient (Wildman–Crippen LogP) is 2.31. The van der Waals surface area contributed by atoms with Gasteiger partial charge in [0.2, 0.25) is 0 Å². The van der Waals surface area contributed by atoms with Crippen LogP contribution >= 0.6 is 15.9 Å². The van der Waals surface area contributed by atoms with Gasteiger partial charge < -0.3 is 10.1 Å². The third kappa shape index (κ3) is 6.57. The average molecular weight is 324 g/mol. The molecule has 0 aliphatic rings. The molecular weight excluding hydrogens is 310 g/mol. The molecule has 19 heavy (non-hydrogen) atoms. The lowest BCUT2D eigenvalue weighted by Crippen LogP contribution is -2.28. The molecule has 0 atom stereocenters. The van der Waals surface area contributed by atoms with Gasteiger partial charge in [-0.15, -0.1) is 6.58 Å². The summed E-state index contributed by atoms with van der Waals surface area (Å²) in [6.07, 6.45) is 4.45. The van der Waals surface area contributed by atoms with Crippen LogP contribution in [-0.2, 0) is 14.3 Å². The van der Waals surface area contributed by atoms with Crippen molar-refractivity contribution < 1.29 is 14.3 Å². The van der Waals surface area contributed by atoms with Gasteiger partial charge in [0.15, 0.2) is 6.61 Å². The Morgan fingerprint density at radius 1 is 1.42 bits per heavy atom. The highest BCUT2D eigenvalue weighted by molar-refractivity contribution is 9.10. The van der Waals surface area contributed by atoms with Gasteiger partial charge in [0, 0.05) is 17.1 Å². The molecular formula is C14H14BrNO3. The smallest absolute Gasteiger partial charge is 0.331 e. The Bertz CT molecular complexity index is 497. The molecule has 1 rings (SSSR count). The number of ether oxygens (including phenoxy) is 1. The number of benzene rings is 1. The van der Waals surface area contributed by atoms with Crippen molar-refractivity contribution in [2.75, 3.05) is 13.2 Å². The SMILES string of the molecule is C=CCNC(=O)COC(=O)/C=C/c1cccc(Br)c1. The predicted molar refractivity (Wildman–Crippen MR) is 77.3 cm³/mol. The van der Waals surface area contributed by atoms with Gasteiger partial charge >= 0.3 is 5.97 Å². The molecule has 0 unspecified atom stereocenters. The molecule has 0 aromatic heterocycles. The van der Waals surface area contributed by atoms with E-state index in [1.54, 1.807) is 12.2 Å². The molecule has 0 saturated heterocycles. The second-order valence-electron chi connectivity index (χ2n) is 3.59. The van der Waals surface area contributed by atoms with E-state index in [2.05, 4.69) is 27.8 Å². The van der Waals surface area contributed by atoms with Crippen LogP contribution in [0.15, 0.2) is 47.5 Å². The van der Waals surface area contributed by atoms with Crippen molar-refractivity contribution in [3.05, 3.63) is 53.0 Å². The number of hydrogen-bond acceptors (Lipinski definition) is 3. The van der Waals surface area contributed by atoms with Gasteiger partial charge in [0.05, 0.1) is 0 Å². The Morgan fingerprint density at radius 3 is 2.89 bits per heavy atom. The van der Waals surface area contributed by atoms with E-state index in [-0.39, 0.29) is 12.5 Å². The maximum Gasteiger partial charge on any atom is 0.331 e. The van der Waals surface area contributed by atoms with Crippen LogP contribution in [0.25, 0.3) is 6.08 Å². The number of amides is 1. The lowest BCUT2D eigenvalue weighted by molar-refractivity contribution is -0.143. The first-order valence-corrected chi connectivity index (χ1v) is 6.39. The summed E-state index contributed by atoms with van der Waals surface area (Å²) in [5, 5.41) is 2.50. The van der Waals surface area contributed by atoms with E-state index in [4.69, 9.17) is 4.74 Å². The van der Waals surface area contributed by atoms with Gasteiger partial charge in [-0.25, -0.2) is 4.79 Å². The van der Waals surface area contributed by atoms with Gasteiger partial charge in [-0.1, -0.05) is 34.1 Å². The molecule has 1 aromatic carbocycles. The molecule has 0 radical (unpaired) electrons. The summed E-state index contributed by atoms with van der Waals surface area (Å²) in [6, 6.07) is 7.46. The lowest BCUT2D eigenvalue weighted by Gasteiger charge is -2.02. The third-order valence-electron chi connectivity index (χ3n) is 2.05. The van der Waals surface area contributed by atoms with E-state index >= 15 is 0 Å². The van der Waals surface area contributed by atoms with Gasteiger partial charge in [0.25, 0.3) is 5.91 Å². The van der Waals surface area contributed by atoms with Crippen LogP contribution in [0, 0.1) is 0 Å². The minimum atomic E-state index is -0.561. The second-order valence-corrected chi connectivity index (χ2v) is 4.50. The zero-order valence-electron chi connectivity index (χ0n) is 10.3. The third-order valence-corrected chi connectivity index (χ3v) is 2.54. The summed E-state index contributed by atoms with van der Waals surface area (Å²) in [6.45, 7) is 3.52. The van der Waals surface area contributed by atoms with E-state index in [1.807, 2.05) is 24.3 Å². The van der Waals surface area contributed by atoms with Gasteiger partial charge in [0.1, 0.15) is 0 Å². The van der Waals surface area contributed by atoms with E-state index < -0.39 is 5.97 Å². The normalized spacial score (nSPS) is 10.2. The molecule has 4 nitrogen and oxygen atoms in total. The van der Waals surface area contributed by atoms with Crippen LogP contribution < -0.4 is 5.32 Å². The molecule has 1 N–H and O–H groups in total. The van der Waals surface area contributed by atoms with E-state index in [0.29, 0.717) is 6.54 Å². The number of halogens is 1. The lowest BCUT2D eigenvalue weighted by atomic mass is 10.2. The fraction of sp³-hybridized carbons (Fsp3) is 0.143. The molecule has 1 aromatic rings. The summed E-state index contributed by atoms with van der Waals surface area (Å²) in [4.78, 5) is 22.5. The first-order chi connectivity index (χ1) is 9.11. The molecule has 0 saturated carbocycles. The summed E-state index contributed by atoms with van der Waals surface area (Å²) in [5.41, 5.74) is 0.863. The van der Waals surface area contributed by atoms with Crippen molar-refractivity contribution in [3.8, 4) is 0 Å². The first-order valence-electron chi connectivity index (χ1n) is 5.60. The van der Waals surface area contributed by atoms with Crippen molar-refractivity contribution in [2.45, 2.75) is 0 Å². The van der Waals surface area contributed by atoms with E-state index in [0.717, 1.165) is 10.0 Å². The Labute approximate surface area is 120 Å². The molecule has 0 spiro atoms. The molecule has 0 heterocycles. The van der Waals surface area contributed by atoms with Crippen molar-refractivity contribution in [2.24, 2.45) is 0 Å². The molecule has 0 fully saturated rings. The number of nitrogens with one attached hydrogen (secondary N) is 1. The average Bonchev–Trinajstić information content (AvgIpc) is 2.40. The molecule has 1 amide bonds. The Hall–Kier alpha value is -1.88. The largest absolute Gasteiger partial charge is 0.452 e. The monoisotopic (exact) mass is 323 g/mol. The van der Waals surface area contributed by atoms with E-state index in [9.17, 15) is 9.59 Å². The standard InChI is InChI=1S/C14H14BrNO3/c1-2-8-16-13(17)10-19-14(18)7-6-11-4-3-5-12(15)9-11/h2-7,9H,1,8,10H2,(H,16,17)/b7-6+. The second kappa shape index (κ2) is 8.26. The topological polar surface area (TPSA) is 55.4 Å². The molecule has 0 aliphatic carbocycles. The Morgan fingerprint density at radius 2 is 2.21 bits per heavy atom. The van der Waals surface area contributed by atoms with Gasteiger partial charge in [-0.2, -0.15) is 0 Å². The highest BCUT2D eigenvalue weighted by Gasteiger charge is 2.03. The number of carbonyl (C=O) groups is 2. The number of esters is 1. The summed E-state index contributed by atoms with van der Waals surface area (Å²) in [7, 11) is 0. The minimum absolute atomic E-state index is 0.296. The van der Waals surface area contributed by atoms with Crippen molar-refractivity contribution in [3.63, 3.8) is 0 Å². The maximum absolute atomic E-state index is 11.4. The van der Waals surface area contributed by atoms with Crippen molar-refractivity contribution in [1.82, 2.24) is 5.32 Å². The van der Waals surface area contributed by atoms with Gasteiger partial charge in [-0.05, 0) is 23.8 Å². The summed E-state index contributed by atoms with van der Waals surface area (Å²) < 4.78 is 5.69. The first kappa shape index (κ1) is 15.2. The van der Waals surface area contributed by atoms with Crippen LogP contribution in [-0.4, -0.2) is 25.0 Å². The number of carbonyl (C=O) groups excluding carboxylic acids is 2. The zero-order valence-corrected chi connectivity index (χ0v) is 11.9. The zero-order chi connectivity index (χ0) is 14.1. The maximum atomic E-state index is 11.4. The van der Waals surface area contributed by atoms with Crippen LogP contribution in [0.4, 0.5) is 0 Å². The van der Waals surface area contributed by atoms with E-state index in [1.165, 1.54) is 6.08 Å². The summed E-state index contributed by atoms with van der Waals surface area (Å²) >= 11 is 3.33. The Kier molecular flexibility index (Phi) is 6.60. The van der Waals surface area contributed by atoms with Crippen LogP contribution in [0.3, 0.4) is 0 Å². The fourth-order valence-corrected chi connectivity index (χ4v) is 1.61. The number of hydrogen-bond donors (Lipinski definition) is 1. The fourth-order valence-electron chi connectivity index (χ4n) is 1.20. The van der Waals surface area contributed by atoms with Crippen molar-refractivity contribution in [1.29, 1.82) is 0 Å². The molecule has 0 bridgehead atoms. The van der Waals surface area contributed by atoms with Gasteiger partial charge in [-0.3, -0.25) is 4.79 Å². The molecule has 5 heteroatoms. The Balaban J connectivity index is 2.39. The molecule has 100 valence electrons. The highest BCUT2D eigenvalue weighted by Crippen LogP contribution is 2.12. The van der Waals surface area contributed by atoms with Crippen LogP contribution in [0.1, 0.15) is 5.56 Å². The van der Waals surface area contributed by atoms with Crippen molar-refractivity contribution >= 4 is 33.9 Å². The molecule has 0 aliphatic heterocycles. The minimum Gasteiger partial charge on any atom is -0.452 e. The quantitative estimate of drug-likeness (QED) is 0.496. The highest BCUT2D eigenvalue weighted by atomic mass is 79.9. The summed E-state index contributed by atoms with van der Waals surface area (Å²) in [5.74, 6) is -0.919. The van der Waals surface area contributed by atoms with Crippen LogP contribution in [0.5, 0.6) is 0 Å².